The fourth-order valence-electron chi connectivity index (χ4n) is 2.65. The van der Waals surface area contributed by atoms with Crippen LogP contribution in [0.2, 0.25) is 0 Å². The summed E-state index contributed by atoms with van der Waals surface area (Å²) in [6.45, 7) is 2.16. The van der Waals surface area contributed by atoms with Crippen molar-refractivity contribution in [2.24, 2.45) is 0 Å². The molecular formula is C12H14N2O. The Morgan fingerprint density at radius 3 is 3.07 bits per heavy atom. The highest BCUT2D eigenvalue weighted by molar-refractivity contribution is 5.77. The van der Waals surface area contributed by atoms with E-state index in [1.165, 1.54) is 12.1 Å². The summed E-state index contributed by atoms with van der Waals surface area (Å²) in [4.78, 5) is 13.1. The van der Waals surface area contributed by atoms with Crippen LogP contribution in [0.5, 0.6) is 0 Å². The Balaban J connectivity index is 1.89. The lowest BCUT2D eigenvalue weighted by atomic mass is 10.2. The van der Waals surface area contributed by atoms with E-state index in [2.05, 4.69) is 16.3 Å². The van der Waals surface area contributed by atoms with Gasteiger partial charge in [-0.05, 0) is 18.6 Å². The summed E-state index contributed by atoms with van der Waals surface area (Å²) in [6.07, 6.45) is 2.15. The van der Waals surface area contributed by atoms with E-state index in [4.69, 9.17) is 0 Å². The van der Waals surface area contributed by atoms with E-state index in [9.17, 15) is 4.79 Å². The van der Waals surface area contributed by atoms with E-state index in [1.807, 2.05) is 18.2 Å². The lowest BCUT2D eigenvalue weighted by molar-refractivity contribution is 0.112. The quantitative estimate of drug-likeness (QED) is 0.727. The highest BCUT2D eigenvalue weighted by Gasteiger charge is 2.37. The molecule has 2 fully saturated rings. The van der Waals surface area contributed by atoms with Crippen LogP contribution in [0.15, 0.2) is 24.3 Å². The van der Waals surface area contributed by atoms with Crippen LogP contribution >= 0.6 is 0 Å². The molecule has 0 aliphatic carbocycles. The average Bonchev–Trinajstić information content (AvgIpc) is 2.91. The molecule has 1 N–H and O–H groups in total. The topological polar surface area (TPSA) is 32.3 Å². The van der Waals surface area contributed by atoms with Crippen molar-refractivity contribution >= 4 is 12.0 Å². The Labute approximate surface area is 89.1 Å². The molecule has 2 saturated heterocycles. The van der Waals surface area contributed by atoms with Crippen molar-refractivity contribution in [1.82, 2.24) is 5.32 Å². The molecule has 15 heavy (non-hydrogen) atoms. The first-order valence-corrected chi connectivity index (χ1v) is 5.42. The maximum Gasteiger partial charge on any atom is 0.150 e. The van der Waals surface area contributed by atoms with Gasteiger partial charge < -0.3 is 10.2 Å². The van der Waals surface area contributed by atoms with Gasteiger partial charge in [0, 0.05) is 36.4 Å². The SMILES string of the molecule is O=Cc1cccc(N2CC3CC2CN3)c1. The molecule has 78 valence electrons. The van der Waals surface area contributed by atoms with Crippen molar-refractivity contribution in [3.8, 4) is 0 Å². The molecule has 1 aromatic carbocycles. The summed E-state index contributed by atoms with van der Waals surface area (Å²) < 4.78 is 0. The van der Waals surface area contributed by atoms with Gasteiger partial charge in [0.25, 0.3) is 0 Å². The highest BCUT2D eigenvalue weighted by atomic mass is 16.1. The molecule has 0 radical (unpaired) electrons. The number of fused-ring (bicyclic) bond motifs is 2. The molecule has 0 saturated carbocycles. The summed E-state index contributed by atoms with van der Waals surface area (Å²) >= 11 is 0. The monoisotopic (exact) mass is 202 g/mol. The van der Waals surface area contributed by atoms with Gasteiger partial charge in [-0.15, -0.1) is 0 Å². The molecule has 0 amide bonds. The molecule has 3 heteroatoms. The molecule has 3 rings (SSSR count). The van der Waals surface area contributed by atoms with Gasteiger partial charge in [-0.3, -0.25) is 4.79 Å². The summed E-state index contributed by atoms with van der Waals surface area (Å²) in [7, 11) is 0. The number of hydrogen-bond acceptors (Lipinski definition) is 3. The van der Waals surface area contributed by atoms with E-state index in [-0.39, 0.29) is 0 Å². The zero-order chi connectivity index (χ0) is 10.3. The van der Waals surface area contributed by atoms with Gasteiger partial charge in [-0.1, -0.05) is 12.1 Å². The fraction of sp³-hybridized carbons (Fsp3) is 0.417. The smallest absolute Gasteiger partial charge is 0.150 e. The zero-order valence-electron chi connectivity index (χ0n) is 8.52. The van der Waals surface area contributed by atoms with Crippen molar-refractivity contribution in [3.05, 3.63) is 29.8 Å². The number of nitrogens with zero attached hydrogens (tertiary/aromatic N) is 1. The third kappa shape index (κ3) is 1.43. The van der Waals surface area contributed by atoms with Gasteiger partial charge in [0.15, 0.2) is 0 Å². The Morgan fingerprint density at radius 2 is 2.40 bits per heavy atom. The molecule has 2 aliphatic heterocycles. The standard InChI is InChI=1S/C12H14N2O/c15-8-9-2-1-3-11(4-9)14-7-10-5-12(14)6-13-10/h1-4,8,10,12-13H,5-7H2. The predicted molar refractivity (Wildman–Crippen MR) is 59.4 cm³/mol. The number of rotatable bonds is 2. The Hall–Kier alpha value is -1.35. The fourth-order valence-corrected chi connectivity index (χ4v) is 2.65. The van der Waals surface area contributed by atoms with Crippen molar-refractivity contribution in [1.29, 1.82) is 0 Å². The maximum atomic E-state index is 10.7. The first kappa shape index (κ1) is 8.92. The minimum absolute atomic E-state index is 0.622. The number of aldehydes is 1. The second-order valence-corrected chi connectivity index (χ2v) is 4.36. The zero-order valence-corrected chi connectivity index (χ0v) is 8.52. The van der Waals surface area contributed by atoms with Crippen LogP contribution in [-0.2, 0) is 0 Å². The molecule has 2 bridgehead atoms. The predicted octanol–water partition coefficient (Wildman–Crippen LogP) is 1.05. The number of benzene rings is 1. The molecule has 0 aromatic heterocycles. The van der Waals surface area contributed by atoms with Crippen molar-refractivity contribution in [2.45, 2.75) is 18.5 Å². The van der Waals surface area contributed by atoms with Crippen molar-refractivity contribution < 1.29 is 4.79 Å². The number of nitrogens with one attached hydrogen (secondary N) is 1. The summed E-state index contributed by atoms with van der Waals surface area (Å²) in [5.41, 5.74) is 1.96. The first-order chi connectivity index (χ1) is 7.36. The molecular weight excluding hydrogens is 188 g/mol. The normalized spacial score (nSPS) is 28.4. The molecule has 3 nitrogen and oxygen atoms in total. The summed E-state index contributed by atoms with van der Waals surface area (Å²) in [5.74, 6) is 0. The minimum Gasteiger partial charge on any atom is -0.366 e. The minimum atomic E-state index is 0.622. The number of piperazine rings is 1. The van der Waals surface area contributed by atoms with Crippen LogP contribution in [0.3, 0.4) is 0 Å². The maximum absolute atomic E-state index is 10.7. The third-order valence-corrected chi connectivity index (χ3v) is 3.39. The van der Waals surface area contributed by atoms with Gasteiger partial charge >= 0.3 is 0 Å². The summed E-state index contributed by atoms with van der Waals surface area (Å²) in [6, 6.07) is 9.15. The van der Waals surface area contributed by atoms with Crippen LogP contribution in [0.1, 0.15) is 16.8 Å². The van der Waals surface area contributed by atoms with Gasteiger partial charge in [0.05, 0.1) is 0 Å². The molecule has 0 spiro atoms. The highest BCUT2D eigenvalue weighted by Crippen LogP contribution is 2.29. The van der Waals surface area contributed by atoms with Crippen LogP contribution in [0.25, 0.3) is 0 Å². The van der Waals surface area contributed by atoms with E-state index >= 15 is 0 Å². The number of carbonyl (C=O) groups is 1. The van der Waals surface area contributed by atoms with E-state index in [0.717, 1.165) is 24.9 Å². The number of carbonyl (C=O) groups excluding carboxylic acids is 1. The summed E-state index contributed by atoms with van der Waals surface area (Å²) in [5, 5.41) is 3.47. The second kappa shape index (κ2) is 3.35. The molecule has 2 atom stereocenters. The van der Waals surface area contributed by atoms with Gasteiger partial charge in [-0.25, -0.2) is 0 Å². The molecule has 1 aromatic rings. The van der Waals surface area contributed by atoms with E-state index < -0.39 is 0 Å². The Morgan fingerprint density at radius 1 is 1.47 bits per heavy atom. The van der Waals surface area contributed by atoms with E-state index in [1.54, 1.807) is 0 Å². The molecule has 2 heterocycles. The van der Waals surface area contributed by atoms with Crippen molar-refractivity contribution in [2.75, 3.05) is 18.0 Å². The average molecular weight is 202 g/mol. The number of hydrogen-bond donors (Lipinski definition) is 1. The Bertz CT molecular complexity index is 391. The first-order valence-electron chi connectivity index (χ1n) is 5.42. The third-order valence-electron chi connectivity index (χ3n) is 3.39. The largest absolute Gasteiger partial charge is 0.366 e. The number of anilines is 1. The molecule has 2 unspecified atom stereocenters. The van der Waals surface area contributed by atoms with Crippen LogP contribution in [0, 0.1) is 0 Å². The van der Waals surface area contributed by atoms with E-state index in [0.29, 0.717) is 12.1 Å². The van der Waals surface area contributed by atoms with Crippen molar-refractivity contribution in [3.63, 3.8) is 0 Å². The Kier molecular flexibility index (Phi) is 1.99. The molecule has 2 aliphatic rings. The van der Waals surface area contributed by atoms with Crippen LogP contribution < -0.4 is 10.2 Å². The second-order valence-electron chi connectivity index (χ2n) is 4.36. The lowest BCUT2D eigenvalue weighted by Gasteiger charge is -2.29. The van der Waals surface area contributed by atoms with Gasteiger partial charge in [-0.2, -0.15) is 0 Å². The lowest BCUT2D eigenvalue weighted by Crippen LogP contribution is -2.43. The van der Waals surface area contributed by atoms with Crippen LogP contribution in [-0.4, -0.2) is 31.5 Å². The van der Waals surface area contributed by atoms with Gasteiger partial charge in [0.1, 0.15) is 6.29 Å². The van der Waals surface area contributed by atoms with Gasteiger partial charge in [0.2, 0.25) is 0 Å². The van der Waals surface area contributed by atoms with Crippen LogP contribution in [0.4, 0.5) is 5.69 Å².